The Balaban J connectivity index is -0.00000000500. The van der Waals surface area contributed by atoms with E-state index in [9.17, 15) is 0 Å². The van der Waals surface area contributed by atoms with Crippen molar-refractivity contribution in [3.05, 3.63) is 0 Å². The summed E-state index contributed by atoms with van der Waals surface area (Å²) in [4.78, 5) is 0. The first-order valence-corrected chi connectivity index (χ1v) is 0.333. The third-order valence-electron chi connectivity index (χ3n) is 0. The van der Waals surface area contributed by atoms with Gasteiger partial charge in [-0.15, -0.1) is 12.4 Å². The van der Waals surface area contributed by atoms with E-state index in [1.807, 2.05) is 0 Å². The van der Waals surface area contributed by atoms with Crippen molar-refractivity contribution in [2.45, 2.75) is 0 Å². The van der Waals surface area contributed by atoms with Crippen LogP contribution in [0.5, 0.6) is 0 Å². The van der Waals surface area contributed by atoms with Gasteiger partial charge in [0.2, 0.25) is 0 Å². The first-order valence-electron chi connectivity index (χ1n) is 0.333. The van der Waals surface area contributed by atoms with Gasteiger partial charge in [-0.1, -0.05) is 0 Å². The number of halogens is 1. The molecule has 0 aliphatic rings. The van der Waals surface area contributed by atoms with Gasteiger partial charge in [0.05, 0.1) is 0 Å². The van der Waals surface area contributed by atoms with E-state index < -0.39 is 0 Å². The molecule has 0 aromatic heterocycles. The SMILES string of the molecule is Cl.NN.[Cu]. The molecule has 2 nitrogen and oxygen atoms in total. The number of hydrazine groups is 1. The van der Waals surface area contributed by atoms with Gasteiger partial charge in [0.15, 0.2) is 0 Å². The van der Waals surface area contributed by atoms with Crippen molar-refractivity contribution in [1.29, 1.82) is 0 Å². The minimum atomic E-state index is 0. The number of hydrogen-bond donors (Lipinski definition) is 2. The Hall–Kier alpha value is 0.729. The zero-order valence-electron chi connectivity index (χ0n) is 1.86. The van der Waals surface area contributed by atoms with Gasteiger partial charge in [0, 0.05) is 17.1 Å². The van der Waals surface area contributed by atoms with Crippen LogP contribution in [0.25, 0.3) is 0 Å². The fourth-order valence-corrected chi connectivity index (χ4v) is 0. The van der Waals surface area contributed by atoms with E-state index in [1.54, 1.807) is 0 Å². The largest absolute Gasteiger partial charge is 0.274 e. The van der Waals surface area contributed by atoms with E-state index in [0.29, 0.717) is 0 Å². The second-order valence-electron chi connectivity index (χ2n) is 0. The predicted octanol–water partition coefficient (Wildman–Crippen LogP) is -0.762. The average Bonchev–Trinajstić information content (AvgIpc) is 1.00. The topological polar surface area (TPSA) is 52.0 Å². The average molecular weight is 132 g/mol. The zero-order valence-corrected chi connectivity index (χ0v) is 3.62. The van der Waals surface area contributed by atoms with E-state index in [-0.39, 0.29) is 29.5 Å². The molecule has 33 valence electrons. The van der Waals surface area contributed by atoms with Crippen LogP contribution < -0.4 is 11.7 Å². The van der Waals surface area contributed by atoms with Crippen molar-refractivity contribution in [3.63, 3.8) is 0 Å². The van der Waals surface area contributed by atoms with E-state index in [2.05, 4.69) is 11.7 Å². The third-order valence-corrected chi connectivity index (χ3v) is 0. The van der Waals surface area contributed by atoms with Crippen molar-refractivity contribution in [3.8, 4) is 0 Å². The number of hydrogen-bond acceptors (Lipinski definition) is 2. The molecule has 0 unspecified atom stereocenters. The molecule has 4 heteroatoms. The zero-order chi connectivity index (χ0) is 2.00. The monoisotopic (exact) mass is 131 g/mol. The molecule has 0 amide bonds. The molecule has 1 radical (unpaired) electrons. The van der Waals surface area contributed by atoms with Crippen LogP contribution in [0.3, 0.4) is 0 Å². The summed E-state index contributed by atoms with van der Waals surface area (Å²) < 4.78 is 0. The van der Waals surface area contributed by atoms with Crippen LogP contribution in [0.2, 0.25) is 0 Å². The molecule has 0 aliphatic carbocycles. The van der Waals surface area contributed by atoms with Gasteiger partial charge in [-0.05, 0) is 0 Å². The first kappa shape index (κ1) is 22.0. The molecule has 0 fully saturated rings. The van der Waals surface area contributed by atoms with Crippen LogP contribution in [-0.2, 0) is 17.1 Å². The summed E-state index contributed by atoms with van der Waals surface area (Å²) in [6.07, 6.45) is 0. The maximum Gasteiger partial charge on any atom is 0 e. The van der Waals surface area contributed by atoms with Crippen LogP contribution in [0, 0.1) is 0 Å². The Morgan fingerprint density at radius 2 is 1.00 bits per heavy atom. The fraction of sp³-hybridized carbons (Fsp3) is 0. The Morgan fingerprint density at radius 1 is 1.00 bits per heavy atom. The number of nitrogens with two attached hydrogens (primary N) is 2. The van der Waals surface area contributed by atoms with Crippen molar-refractivity contribution < 1.29 is 17.1 Å². The van der Waals surface area contributed by atoms with Gasteiger partial charge in [0.1, 0.15) is 0 Å². The second kappa shape index (κ2) is 52.2. The molecule has 0 aromatic carbocycles. The van der Waals surface area contributed by atoms with Crippen LogP contribution in [0.15, 0.2) is 0 Å². The minimum absolute atomic E-state index is 0. The minimum Gasteiger partial charge on any atom is -0.274 e. The standard InChI is InChI=1S/ClH.Cu.H4N2/c;;1-2/h1H;;1-2H2. The smallest absolute Gasteiger partial charge is 0 e. The molecule has 0 atom stereocenters. The summed E-state index contributed by atoms with van der Waals surface area (Å²) >= 11 is 0. The molecule has 0 bridgehead atoms. The van der Waals surface area contributed by atoms with Crippen molar-refractivity contribution in [2.75, 3.05) is 0 Å². The molecule has 0 heterocycles. The third kappa shape index (κ3) is 15.3. The summed E-state index contributed by atoms with van der Waals surface area (Å²) in [5.74, 6) is 8.00. The quantitative estimate of drug-likeness (QED) is 0.258. The normalized spacial score (nSPS) is 1.50. The summed E-state index contributed by atoms with van der Waals surface area (Å²) in [5, 5.41) is 0. The van der Waals surface area contributed by atoms with Crippen LogP contribution in [-0.4, -0.2) is 0 Å². The summed E-state index contributed by atoms with van der Waals surface area (Å²) in [5.41, 5.74) is 0. The summed E-state index contributed by atoms with van der Waals surface area (Å²) in [6, 6.07) is 0. The van der Waals surface area contributed by atoms with Gasteiger partial charge >= 0.3 is 0 Å². The maximum absolute atomic E-state index is 4.00. The molecule has 0 rings (SSSR count). The molecule has 0 aromatic rings. The first-order chi connectivity index (χ1) is 1.00. The maximum atomic E-state index is 4.00. The van der Waals surface area contributed by atoms with Crippen molar-refractivity contribution >= 4 is 12.4 Å². The van der Waals surface area contributed by atoms with Crippen LogP contribution >= 0.6 is 12.4 Å². The molecule has 0 saturated carbocycles. The Morgan fingerprint density at radius 3 is 1.00 bits per heavy atom. The van der Waals surface area contributed by atoms with Crippen LogP contribution in [0.4, 0.5) is 0 Å². The summed E-state index contributed by atoms with van der Waals surface area (Å²) in [6.45, 7) is 0. The fourth-order valence-electron chi connectivity index (χ4n) is 0. The molecular weight excluding hydrogens is 127 g/mol. The van der Waals surface area contributed by atoms with Crippen LogP contribution in [0.1, 0.15) is 0 Å². The Labute approximate surface area is 41.8 Å². The molecule has 4 N–H and O–H groups in total. The van der Waals surface area contributed by atoms with E-state index in [1.165, 1.54) is 0 Å². The predicted molar refractivity (Wildman–Crippen MR) is 15.6 cm³/mol. The van der Waals surface area contributed by atoms with Crippen molar-refractivity contribution in [2.24, 2.45) is 11.7 Å². The number of rotatable bonds is 0. The van der Waals surface area contributed by atoms with Gasteiger partial charge in [-0.2, -0.15) is 0 Å². The molecule has 4 heavy (non-hydrogen) atoms. The van der Waals surface area contributed by atoms with E-state index in [0.717, 1.165) is 0 Å². The molecule has 0 saturated heterocycles. The van der Waals surface area contributed by atoms with Gasteiger partial charge < -0.3 is 0 Å². The second-order valence-corrected chi connectivity index (χ2v) is 0. The molecule has 0 spiro atoms. The van der Waals surface area contributed by atoms with Crippen molar-refractivity contribution in [1.82, 2.24) is 0 Å². The van der Waals surface area contributed by atoms with E-state index in [4.69, 9.17) is 0 Å². The van der Waals surface area contributed by atoms with Gasteiger partial charge in [0.25, 0.3) is 0 Å². The van der Waals surface area contributed by atoms with Gasteiger partial charge in [-0.25, -0.2) is 0 Å². The Kier molecular flexibility index (Phi) is 287. The molecule has 0 aliphatic heterocycles. The molecular formula is H5ClCuN2. The Bertz CT molecular complexity index is 6.00. The van der Waals surface area contributed by atoms with E-state index >= 15 is 0 Å². The summed E-state index contributed by atoms with van der Waals surface area (Å²) in [7, 11) is 0. The van der Waals surface area contributed by atoms with Gasteiger partial charge in [-0.3, -0.25) is 11.7 Å².